The Hall–Kier alpha value is -4.11. The van der Waals surface area contributed by atoms with Crippen LogP contribution in [0.3, 0.4) is 0 Å². The lowest BCUT2D eigenvalue weighted by atomic mass is 10.00. The van der Waals surface area contributed by atoms with Gasteiger partial charge >= 0.3 is 0 Å². The lowest BCUT2D eigenvalue weighted by molar-refractivity contribution is 0.475. The molecule has 1 aromatic heterocycles. The van der Waals surface area contributed by atoms with E-state index in [4.69, 9.17) is 4.98 Å². The zero-order chi connectivity index (χ0) is 20.1. The van der Waals surface area contributed by atoms with Gasteiger partial charge in [0.2, 0.25) is 0 Å². The van der Waals surface area contributed by atoms with Crippen molar-refractivity contribution < 1.29 is 5.11 Å². The molecule has 3 heteroatoms. The molecule has 0 unspecified atom stereocenters. The Balaban J connectivity index is 1.87. The van der Waals surface area contributed by atoms with E-state index in [2.05, 4.69) is 65.2 Å². The molecule has 0 bridgehead atoms. The minimum atomic E-state index is 0.250. The average molecular weight is 386 g/mol. The highest BCUT2D eigenvalue weighted by Gasteiger charge is 2.19. The number of aromatic hydroxyl groups is 1. The van der Waals surface area contributed by atoms with Gasteiger partial charge in [-0.25, -0.2) is 4.98 Å². The van der Waals surface area contributed by atoms with E-state index >= 15 is 0 Å². The van der Waals surface area contributed by atoms with Gasteiger partial charge in [-0.15, -0.1) is 0 Å². The smallest absolute Gasteiger partial charge is 0.145 e. The summed E-state index contributed by atoms with van der Waals surface area (Å²) in [6, 6.07) is 34.5. The molecule has 0 aliphatic carbocycles. The Labute approximate surface area is 173 Å². The number of benzene rings is 5. The van der Waals surface area contributed by atoms with Crippen LogP contribution in [0.25, 0.3) is 49.7 Å². The molecular weight excluding hydrogens is 368 g/mol. The highest BCUT2D eigenvalue weighted by atomic mass is 16.3. The Morgan fingerprint density at radius 1 is 0.567 bits per heavy atom. The fourth-order valence-electron chi connectivity index (χ4n) is 4.34. The van der Waals surface area contributed by atoms with Gasteiger partial charge in [0, 0.05) is 22.0 Å². The summed E-state index contributed by atoms with van der Waals surface area (Å²) in [7, 11) is 0. The molecule has 1 heterocycles. The van der Waals surface area contributed by atoms with Gasteiger partial charge in [0.1, 0.15) is 11.6 Å². The molecule has 30 heavy (non-hydrogen) atoms. The van der Waals surface area contributed by atoms with Crippen LogP contribution in [0.15, 0.2) is 103 Å². The van der Waals surface area contributed by atoms with E-state index in [9.17, 15) is 5.11 Å². The zero-order valence-corrected chi connectivity index (χ0v) is 16.2. The first-order valence-electron chi connectivity index (χ1n) is 9.98. The van der Waals surface area contributed by atoms with Crippen LogP contribution in [0.2, 0.25) is 0 Å². The summed E-state index contributed by atoms with van der Waals surface area (Å²) >= 11 is 0. The molecule has 3 nitrogen and oxygen atoms in total. The van der Waals surface area contributed by atoms with Crippen molar-refractivity contribution in [3.8, 4) is 22.8 Å². The van der Waals surface area contributed by atoms with Crippen LogP contribution in [0.5, 0.6) is 5.75 Å². The Kier molecular flexibility index (Phi) is 3.62. The van der Waals surface area contributed by atoms with Crippen LogP contribution in [-0.2, 0) is 0 Å². The highest BCUT2D eigenvalue weighted by Crippen LogP contribution is 2.39. The molecule has 0 saturated carbocycles. The molecule has 0 radical (unpaired) electrons. The van der Waals surface area contributed by atoms with E-state index in [-0.39, 0.29) is 5.75 Å². The molecule has 0 saturated heterocycles. The molecule has 142 valence electrons. The predicted molar refractivity (Wildman–Crippen MR) is 123 cm³/mol. The summed E-state index contributed by atoms with van der Waals surface area (Å²) in [6.07, 6.45) is 0. The van der Waals surface area contributed by atoms with E-state index in [1.165, 1.54) is 10.8 Å². The topological polar surface area (TPSA) is 38.0 Å². The Bertz CT molecular complexity index is 1530. The van der Waals surface area contributed by atoms with E-state index in [1.807, 2.05) is 30.3 Å². The highest BCUT2D eigenvalue weighted by molar-refractivity contribution is 6.24. The van der Waals surface area contributed by atoms with Gasteiger partial charge in [0.05, 0.1) is 11.0 Å². The van der Waals surface area contributed by atoms with E-state index in [1.54, 1.807) is 12.1 Å². The first-order chi connectivity index (χ1) is 14.8. The molecule has 6 rings (SSSR count). The van der Waals surface area contributed by atoms with Crippen molar-refractivity contribution >= 4 is 32.6 Å². The largest absolute Gasteiger partial charge is 0.508 e. The number of hydrogen-bond acceptors (Lipinski definition) is 2. The van der Waals surface area contributed by atoms with Crippen molar-refractivity contribution in [3.05, 3.63) is 103 Å². The maximum absolute atomic E-state index is 9.84. The number of phenolic OH excluding ortho intramolecular Hbond substituents is 1. The second-order valence-corrected chi connectivity index (χ2v) is 7.44. The van der Waals surface area contributed by atoms with Crippen LogP contribution < -0.4 is 0 Å². The summed E-state index contributed by atoms with van der Waals surface area (Å²) in [5.74, 6) is 1.14. The molecule has 6 aromatic rings. The van der Waals surface area contributed by atoms with Crippen molar-refractivity contribution in [1.82, 2.24) is 9.55 Å². The van der Waals surface area contributed by atoms with E-state index in [0.29, 0.717) is 0 Å². The Morgan fingerprint density at radius 2 is 1.13 bits per heavy atom. The van der Waals surface area contributed by atoms with Crippen molar-refractivity contribution in [2.75, 3.05) is 0 Å². The summed E-state index contributed by atoms with van der Waals surface area (Å²) in [4.78, 5) is 5.16. The molecular formula is C27H18N2O. The molecule has 0 aliphatic rings. The lowest BCUT2D eigenvalue weighted by Crippen LogP contribution is -1.98. The van der Waals surface area contributed by atoms with Crippen LogP contribution in [0, 0.1) is 0 Å². The first kappa shape index (κ1) is 16.8. The summed E-state index contributed by atoms with van der Waals surface area (Å²) in [5, 5.41) is 14.6. The minimum Gasteiger partial charge on any atom is -0.508 e. The summed E-state index contributed by atoms with van der Waals surface area (Å²) < 4.78 is 2.21. The molecule has 0 aliphatic heterocycles. The molecule has 5 aromatic carbocycles. The number of imidazole rings is 1. The Morgan fingerprint density at radius 3 is 1.83 bits per heavy atom. The zero-order valence-electron chi connectivity index (χ0n) is 16.2. The molecule has 1 N–H and O–H groups in total. The first-order valence-corrected chi connectivity index (χ1v) is 9.98. The van der Waals surface area contributed by atoms with Gasteiger partial charge in [-0.3, -0.25) is 4.57 Å². The summed E-state index contributed by atoms with van der Waals surface area (Å²) in [6.45, 7) is 0. The third-order valence-corrected chi connectivity index (χ3v) is 5.67. The minimum absolute atomic E-state index is 0.250. The van der Waals surface area contributed by atoms with Gasteiger partial charge < -0.3 is 5.11 Å². The second-order valence-electron chi connectivity index (χ2n) is 7.44. The number of rotatable bonds is 2. The fourth-order valence-corrected chi connectivity index (χ4v) is 4.34. The SMILES string of the molecule is Oc1ccc(-n2c(-c3ccccc3)nc3c4ccccc4c4ccccc4c32)cc1. The average Bonchev–Trinajstić information content (AvgIpc) is 3.21. The number of aromatic nitrogens is 2. The van der Waals surface area contributed by atoms with Crippen LogP contribution in [0.1, 0.15) is 0 Å². The van der Waals surface area contributed by atoms with E-state index < -0.39 is 0 Å². The van der Waals surface area contributed by atoms with Crippen molar-refractivity contribution in [3.63, 3.8) is 0 Å². The van der Waals surface area contributed by atoms with Gasteiger partial charge in [-0.05, 0) is 35.0 Å². The van der Waals surface area contributed by atoms with Gasteiger partial charge in [-0.1, -0.05) is 78.9 Å². The van der Waals surface area contributed by atoms with E-state index in [0.717, 1.165) is 38.9 Å². The fraction of sp³-hybridized carbons (Fsp3) is 0. The molecule has 0 atom stereocenters. The number of hydrogen-bond donors (Lipinski definition) is 1. The number of fused-ring (bicyclic) bond motifs is 6. The van der Waals surface area contributed by atoms with Crippen LogP contribution in [0.4, 0.5) is 0 Å². The normalized spacial score (nSPS) is 11.5. The second kappa shape index (κ2) is 6.46. The molecule has 0 spiro atoms. The predicted octanol–water partition coefficient (Wildman–Crippen LogP) is 6.70. The summed E-state index contributed by atoms with van der Waals surface area (Å²) in [5.41, 5.74) is 4.08. The maximum Gasteiger partial charge on any atom is 0.145 e. The van der Waals surface area contributed by atoms with Crippen molar-refractivity contribution in [1.29, 1.82) is 0 Å². The molecule has 0 amide bonds. The van der Waals surface area contributed by atoms with Gasteiger partial charge in [0.25, 0.3) is 0 Å². The number of phenols is 1. The third-order valence-electron chi connectivity index (χ3n) is 5.67. The monoisotopic (exact) mass is 386 g/mol. The lowest BCUT2D eigenvalue weighted by Gasteiger charge is -2.12. The van der Waals surface area contributed by atoms with Crippen LogP contribution in [-0.4, -0.2) is 14.7 Å². The van der Waals surface area contributed by atoms with Crippen molar-refractivity contribution in [2.45, 2.75) is 0 Å². The van der Waals surface area contributed by atoms with Crippen LogP contribution >= 0.6 is 0 Å². The maximum atomic E-state index is 9.84. The quantitative estimate of drug-likeness (QED) is 0.336. The number of nitrogens with zero attached hydrogens (tertiary/aromatic N) is 2. The standard InChI is InChI=1S/C27H18N2O/c30-20-16-14-19(15-17-20)29-26-24-13-7-5-11-22(24)21-10-4-6-12-23(21)25(26)28-27(29)18-8-2-1-3-9-18/h1-17,30H. The molecule has 0 fully saturated rings. The van der Waals surface area contributed by atoms with Gasteiger partial charge in [-0.2, -0.15) is 0 Å². The van der Waals surface area contributed by atoms with Gasteiger partial charge in [0.15, 0.2) is 0 Å². The third kappa shape index (κ3) is 2.42. The van der Waals surface area contributed by atoms with Crippen molar-refractivity contribution in [2.24, 2.45) is 0 Å².